The largest absolute Gasteiger partial charge is 0.305 e. The molecule has 4 heteroatoms. The number of thiazole rings is 1. The molecule has 0 spiro atoms. The molecule has 0 aliphatic rings. The molecule has 1 heterocycles. The van der Waals surface area contributed by atoms with Gasteiger partial charge in [0, 0.05) is 28.4 Å². The third-order valence-electron chi connectivity index (χ3n) is 3.13. The molecule has 20 heavy (non-hydrogen) atoms. The van der Waals surface area contributed by atoms with Crippen molar-refractivity contribution in [1.29, 1.82) is 0 Å². The highest BCUT2D eigenvalue weighted by Gasteiger charge is 2.18. The number of halogens is 1. The first kappa shape index (κ1) is 15.5. The number of aromatic nitrogens is 1. The fourth-order valence-corrected chi connectivity index (χ4v) is 2.99. The molecule has 0 saturated carbocycles. The minimum Gasteiger partial charge on any atom is -0.305 e. The summed E-state index contributed by atoms with van der Waals surface area (Å²) in [4.78, 5) is 4.69. The minimum absolute atomic E-state index is 0.126. The van der Waals surface area contributed by atoms with Crippen LogP contribution in [-0.2, 0) is 12.0 Å². The maximum atomic E-state index is 6.02. The summed E-state index contributed by atoms with van der Waals surface area (Å²) in [5.41, 5.74) is 2.43. The Bertz CT molecular complexity index is 572. The molecule has 2 nitrogen and oxygen atoms in total. The van der Waals surface area contributed by atoms with Crippen molar-refractivity contribution in [2.45, 2.75) is 45.7 Å². The van der Waals surface area contributed by atoms with Crippen molar-refractivity contribution in [3.05, 3.63) is 50.9 Å². The second-order valence-electron chi connectivity index (χ2n) is 6.05. The molecule has 2 aromatic rings. The highest BCUT2D eigenvalue weighted by Crippen LogP contribution is 2.26. The van der Waals surface area contributed by atoms with Gasteiger partial charge in [0.15, 0.2) is 0 Å². The number of nitrogens with one attached hydrogen (secondary N) is 1. The zero-order valence-corrected chi connectivity index (χ0v) is 14.0. The maximum Gasteiger partial charge on any atom is 0.0982 e. The van der Waals surface area contributed by atoms with E-state index in [9.17, 15) is 0 Å². The van der Waals surface area contributed by atoms with Gasteiger partial charge in [-0.15, -0.1) is 11.3 Å². The van der Waals surface area contributed by atoms with Crippen LogP contribution in [0.4, 0.5) is 0 Å². The first-order valence-corrected chi connectivity index (χ1v) is 8.06. The van der Waals surface area contributed by atoms with Crippen LogP contribution < -0.4 is 5.32 Å². The lowest BCUT2D eigenvalue weighted by molar-refractivity contribution is 0.556. The fraction of sp³-hybridized carbons (Fsp3) is 0.438. The number of hydrogen-bond acceptors (Lipinski definition) is 3. The summed E-state index contributed by atoms with van der Waals surface area (Å²) in [6, 6.07) is 8.23. The van der Waals surface area contributed by atoms with Crippen LogP contribution in [0.3, 0.4) is 0 Å². The van der Waals surface area contributed by atoms with E-state index < -0.39 is 0 Å². The van der Waals surface area contributed by atoms with E-state index in [1.807, 2.05) is 18.2 Å². The predicted molar refractivity (Wildman–Crippen MR) is 87.5 cm³/mol. The summed E-state index contributed by atoms with van der Waals surface area (Å²) in [6.07, 6.45) is 0. The van der Waals surface area contributed by atoms with Crippen LogP contribution in [0.5, 0.6) is 0 Å². The van der Waals surface area contributed by atoms with E-state index in [0.717, 1.165) is 17.3 Å². The van der Waals surface area contributed by atoms with Crippen molar-refractivity contribution in [2.24, 2.45) is 0 Å². The average Bonchev–Trinajstić information content (AvgIpc) is 2.84. The second kappa shape index (κ2) is 6.25. The third kappa shape index (κ3) is 4.05. The van der Waals surface area contributed by atoms with Crippen molar-refractivity contribution in [2.75, 3.05) is 0 Å². The molecule has 0 fully saturated rings. The van der Waals surface area contributed by atoms with Crippen LogP contribution in [0.2, 0.25) is 5.02 Å². The lowest BCUT2D eigenvalue weighted by Gasteiger charge is -2.15. The van der Waals surface area contributed by atoms with Gasteiger partial charge in [-0.3, -0.25) is 0 Å². The SMILES string of the molecule is C[C@@H](NCc1csc(C(C)(C)C)n1)c1cccc(Cl)c1. The molecule has 0 radical (unpaired) electrons. The van der Waals surface area contributed by atoms with Crippen molar-refractivity contribution >= 4 is 22.9 Å². The molecule has 0 bridgehead atoms. The summed E-state index contributed by atoms with van der Waals surface area (Å²) >= 11 is 7.76. The Morgan fingerprint density at radius 1 is 1.35 bits per heavy atom. The standard InChI is InChI=1S/C16H21ClN2S/c1-11(12-6-5-7-13(17)8-12)18-9-14-10-20-15(19-14)16(2,3)4/h5-8,10-11,18H,9H2,1-4H3/t11-/m1/s1. The second-order valence-corrected chi connectivity index (χ2v) is 7.35. The quantitative estimate of drug-likeness (QED) is 0.865. The Labute approximate surface area is 130 Å². The summed E-state index contributed by atoms with van der Waals surface area (Å²) in [5, 5.41) is 7.59. The van der Waals surface area contributed by atoms with E-state index >= 15 is 0 Å². The van der Waals surface area contributed by atoms with Crippen molar-refractivity contribution in [3.8, 4) is 0 Å². The summed E-state index contributed by atoms with van der Waals surface area (Å²) < 4.78 is 0. The normalized spacial score (nSPS) is 13.4. The molecule has 1 aromatic carbocycles. The first-order chi connectivity index (χ1) is 9.36. The minimum atomic E-state index is 0.126. The van der Waals surface area contributed by atoms with Crippen LogP contribution in [0.25, 0.3) is 0 Å². The van der Waals surface area contributed by atoms with Crippen molar-refractivity contribution < 1.29 is 0 Å². The molecule has 0 unspecified atom stereocenters. The fourth-order valence-electron chi connectivity index (χ4n) is 1.88. The van der Waals surface area contributed by atoms with E-state index in [1.165, 1.54) is 10.6 Å². The predicted octanol–water partition coefficient (Wildman–Crippen LogP) is 4.94. The van der Waals surface area contributed by atoms with Crippen LogP contribution in [0.1, 0.15) is 50.0 Å². The molecule has 108 valence electrons. The molecule has 1 aromatic heterocycles. The average molecular weight is 309 g/mol. The van der Waals surface area contributed by atoms with Crippen LogP contribution >= 0.6 is 22.9 Å². The van der Waals surface area contributed by atoms with E-state index in [0.29, 0.717) is 0 Å². The Morgan fingerprint density at radius 3 is 2.70 bits per heavy atom. The van der Waals surface area contributed by atoms with Gasteiger partial charge in [-0.25, -0.2) is 4.98 Å². The zero-order valence-electron chi connectivity index (χ0n) is 12.4. The Kier molecular flexibility index (Phi) is 4.84. The van der Waals surface area contributed by atoms with E-state index in [1.54, 1.807) is 11.3 Å². The molecule has 0 aliphatic heterocycles. The molecule has 0 amide bonds. The molecule has 0 saturated heterocycles. The lowest BCUT2D eigenvalue weighted by atomic mass is 9.98. The van der Waals surface area contributed by atoms with Gasteiger partial charge >= 0.3 is 0 Å². The van der Waals surface area contributed by atoms with Gasteiger partial charge in [-0.05, 0) is 24.6 Å². The highest BCUT2D eigenvalue weighted by atomic mass is 35.5. The smallest absolute Gasteiger partial charge is 0.0982 e. The molecule has 1 N–H and O–H groups in total. The highest BCUT2D eigenvalue weighted by molar-refractivity contribution is 7.09. The monoisotopic (exact) mass is 308 g/mol. The summed E-state index contributed by atoms with van der Waals surface area (Å²) in [7, 11) is 0. The van der Waals surface area contributed by atoms with Gasteiger partial charge in [0.1, 0.15) is 0 Å². The summed E-state index contributed by atoms with van der Waals surface area (Å²) in [5.74, 6) is 0. The van der Waals surface area contributed by atoms with Gasteiger partial charge < -0.3 is 5.32 Å². The van der Waals surface area contributed by atoms with Crippen LogP contribution in [0, 0.1) is 0 Å². The van der Waals surface area contributed by atoms with Gasteiger partial charge in [0.05, 0.1) is 10.7 Å². The Morgan fingerprint density at radius 2 is 2.10 bits per heavy atom. The molecule has 2 rings (SSSR count). The lowest BCUT2D eigenvalue weighted by Crippen LogP contribution is -2.18. The Balaban J connectivity index is 1.97. The number of hydrogen-bond donors (Lipinski definition) is 1. The van der Waals surface area contributed by atoms with E-state index in [4.69, 9.17) is 16.6 Å². The molecule has 1 atom stereocenters. The van der Waals surface area contributed by atoms with Gasteiger partial charge in [-0.2, -0.15) is 0 Å². The zero-order chi connectivity index (χ0) is 14.8. The first-order valence-electron chi connectivity index (χ1n) is 6.80. The van der Waals surface area contributed by atoms with Crippen LogP contribution in [0.15, 0.2) is 29.6 Å². The molecular formula is C16H21ClN2S. The van der Waals surface area contributed by atoms with Crippen LogP contribution in [-0.4, -0.2) is 4.98 Å². The number of rotatable bonds is 4. The third-order valence-corrected chi connectivity index (χ3v) is 4.68. The van der Waals surface area contributed by atoms with E-state index in [-0.39, 0.29) is 11.5 Å². The van der Waals surface area contributed by atoms with Gasteiger partial charge in [-0.1, -0.05) is 44.5 Å². The molecule has 0 aliphatic carbocycles. The number of benzene rings is 1. The van der Waals surface area contributed by atoms with Gasteiger partial charge in [0.2, 0.25) is 0 Å². The number of nitrogens with zero attached hydrogens (tertiary/aromatic N) is 1. The molecular weight excluding hydrogens is 288 g/mol. The topological polar surface area (TPSA) is 24.9 Å². The maximum absolute atomic E-state index is 6.02. The summed E-state index contributed by atoms with van der Waals surface area (Å²) in [6.45, 7) is 9.50. The van der Waals surface area contributed by atoms with Gasteiger partial charge in [0.25, 0.3) is 0 Å². The van der Waals surface area contributed by atoms with Crippen molar-refractivity contribution in [1.82, 2.24) is 10.3 Å². The van der Waals surface area contributed by atoms with E-state index in [2.05, 4.69) is 44.5 Å². The Hall–Kier alpha value is -0.900. The van der Waals surface area contributed by atoms with Crippen molar-refractivity contribution in [3.63, 3.8) is 0 Å².